The normalized spacial score (nSPS) is 10.6. The van der Waals surface area contributed by atoms with Crippen molar-refractivity contribution in [1.29, 1.82) is 0 Å². The number of anilines is 1. The van der Waals surface area contributed by atoms with Crippen LogP contribution in [0.15, 0.2) is 48.5 Å². The molecule has 0 saturated carbocycles. The van der Waals surface area contributed by atoms with Crippen molar-refractivity contribution in [2.45, 2.75) is 26.3 Å². The van der Waals surface area contributed by atoms with Crippen molar-refractivity contribution in [2.75, 3.05) is 19.0 Å². The first-order chi connectivity index (χ1) is 14.1. The van der Waals surface area contributed by atoms with Crippen LogP contribution in [0.5, 0.6) is 11.5 Å². The van der Waals surface area contributed by atoms with Crippen LogP contribution in [0.3, 0.4) is 0 Å². The third-order valence-electron chi connectivity index (χ3n) is 4.37. The minimum atomic E-state index is -0.955. The fourth-order valence-corrected chi connectivity index (χ4v) is 3.69. The number of carboxylic acid groups (broad SMARTS) is 1. The van der Waals surface area contributed by atoms with E-state index >= 15 is 0 Å². The van der Waals surface area contributed by atoms with Crippen LogP contribution in [0.1, 0.15) is 32.9 Å². The van der Waals surface area contributed by atoms with Crippen LogP contribution in [0.25, 0.3) is 0 Å². The topological polar surface area (TPSA) is 80.7 Å². The predicted molar refractivity (Wildman–Crippen MR) is 114 cm³/mol. The average molecular weight is 413 g/mol. The fraction of sp³-hybridized carbons (Fsp3) is 0.273. The second-order valence-electron chi connectivity index (χ2n) is 6.52. The number of nitrogens with zero attached hydrogens (tertiary/aromatic N) is 1. The first kappa shape index (κ1) is 20.7. The summed E-state index contributed by atoms with van der Waals surface area (Å²) in [5.74, 6) is 0.427. The maximum Gasteiger partial charge on any atom is 0.347 e. The molecule has 0 aliphatic heterocycles. The van der Waals surface area contributed by atoms with Gasteiger partial charge in [0.25, 0.3) is 0 Å². The summed E-state index contributed by atoms with van der Waals surface area (Å²) < 4.78 is 11.4. The number of carbonyl (C=O) groups is 1. The number of methoxy groups -OCH3 is 1. The van der Waals surface area contributed by atoms with Gasteiger partial charge in [0, 0.05) is 6.54 Å². The van der Waals surface area contributed by atoms with Crippen LogP contribution in [0.2, 0.25) is 0 Å². The molecule has 0 atom stereocenters. The molecule has 0 radical (unpaired) electrons. The van der Waals surface area contributed by atoms with E-state index in [9.17, 15) is 4.79 Å². The third kappa shape index (κ3) is 5.71. The maximum absolute atomic E-state index is 11.1. The van der Waals surface area contributed by atoms with Gasteiger partial charge < -0.3 is 19.9 Å². The number of thiazole rings is 1. The van der Waals surface area contributed by atoms with E-state index in [1.54, 1.807) is 14.0 Å². The molecule has 1 heterocycles. The van der Waals surface area contributed by atoms with Crippen molar-refractivity contribution in [3.05, 3.63) is 70.2 Å². The van der Waals surface area contributed by atoms with Gasteiger partial charge in [0.05, 0.1) is 19.4 Å². The lowest BCUT2D eigenvalue weighted by Crippen LogP contribution is -2.03. The zero-order valence-corrected chi connectivity index (χ0v) is 17.3. The summed E-state index contributed by atoms with van der Waals surface area (Å²) in [5, 5.41) is 12.9. The van der Waals surface area contributed by atoms with Gasteiger partial charge in [-0.05, 0) is 43.0 Å². The van der Waals surface area contributed by atoms with Crippen molar-refractivity contribution < 1.29 is 19.4 Å². The molecule has 29 heavy (non-hydrogen) atoms. The molecule has 0 aliphatic rings. The molecule has 1 aromatic heterocycles. The number of aromatic nitrogens is 1. The molecule has 0 saturated heterocycles. The van der Waals surface area contributed by atoms with Gasteiger partial charge in [-0.15, -0.1) is 0 Å². The third-order valence-corrected chi connectivity index (χ3v) is 5.48. The molecule has 0 bridgehead atoms. The van der Waals surface area contributed by atoms with E-state index in [4.69, 9.17) is 14.6 Å². The number of ether oxygens (including phenoxy) is 2. The zero-order valence-electron chi connectivity index (χ0n) is 16.5. The van der Waals surface area contributed by atoms with Crippen molar-refractivity contribution in [1.82, 2.24) is 4.98 Å². The van der Waals surface area contributed by atoms with Crippen LogP contribution in [-0.4, -0.2) is 29.8 Å². The van der Waals surface area contributed by atoms with E-state index in [2.05, 4.69) is 22.4 Å². The van der Waals surface area contributed by atoms with Gasteiger partial charge in [-0.2, -0.15) is 0 Å². The Morgan fingerprint density at radius 3 is 2.62 bits per heavy atom. The first-order valence-corrected chi connectivity index (χ1v) is 10.2. The Balaban J connectivity index is 1.54. The number of hydrogen-bond donors (Lipinski definition) is 2. The SMILES string of the molecule is COc1cc(CNc2nc(C)c(C(=O)O)s2)ccc1OCCCc1ccccc1. The molecule has 0 unspecified atom stereocenters. The Labute approximate surface area is 174 Å². The van der Waals surface area contributed by atoms with Gasteiger partial charge >= 0.3 is 5.97 Å². The minimum absolute atomic E-state index is 0.254. The van der Waals surface area contributed by atoms with E-state index in [1.807, 2.05) is 36.4 Å². The number of aryl methyl sites for hydroxylation is 2. The number of hydrogen-bond acceptors (Lipinski definition) is 6. The summed E-state index contributed by atoms with van der Waals surface area (Å²) in [4.78, 5) is 15.6. The van der Waals surface area contributed by atoms with E-state index in [1.165, 1.54) is 5.56 Å². The van der Waals surface area contributed by atoms with Gasteiger partial charge in [-0.1, -0.05) is 47.7 Å². The molecule has 0 amide bonds. The lowest BCUT2D eigenvalue weighted by molar-refractivity contribution is 0.0701. The van der Waals surface area contributed by atoms with Crippen molar-refractivity contribution >= 4 is 22.4 Å². The molecule has 2 N–H and O–H groups in total. The standard InChI is InChI=1S/C22H24N2O4S/c1-15-20(21(25)26)29-22(24-15)23-14-17-10-11-18(19(13-17)27-2)28-12-6-9-16-7-4-3-5-8-16/h3-5,7-8,10-11,13H,6,9,12,14H2,1-2H3,(H,23,24)(H,25,26). The van der Waals surface area contributed by atoms with Crippen molar-refractivity contribution in [3.63, 3.8) is 0 Å². The number of benzene rings is 2. The predicted octanol–water partition coefficient (Wildman–Crippen LogP) is 4.78. The molecule has 3 aromatic rings. The summed E-state index contributed by atoms with van der Waals surface area (Å²) in [6.45, 7) is 2.81. The van der Waals surface area contributed by atoms with Gasteiger partial charge in [0.15, 0.2) is 16.6 Å². The Hall–Kier alpha value is -3.06. The van der Waals surface area contributed by atoms with Crippen LogP contribution in [0.4, 0.5) is 5.13 Å². The highest BCUT2D eigenvalue weighted by atomic mass is 32.1. The molecule has 0 fully saturated rings. The molecule has 0 aliphatic carbocycles. The van der Waals surface area contributed by atoms with E-state index in [0.29, 0.717) is 35.5 Å². The van der Waals surface area contributed by atoms with Crippen LogP contribution in [-0.2, 0) is 13.0 Å². The van der Waals surface area contributed by atoms with Crippen LogP contribution < -0.4 is 14.8 Å². The molecule has 2 aromatic carbocycles. The Morgan fingerprint density at radius 1 is 1.14 bits per heavy atom. The van der Waals surface area contributed by atoms with Crippen LogP contribution in [0, 0.1) is 6.92 Å². The summed E-state index contributed by atoms with van der Waals surface area (Å²) in [6.07, 6.45) is 1.89. The molecule has 152 valence electrons. The van der Waals surface area contributed by atoms with E-state index < -0.39 is 5.97 Å². The first-order valence-electron chi connectivity index (χ1n) is 9.35. The molecule has 3 rings (SSSR count). The monoisotopic (exact) mass is 412 g/mol. The number of nitrogens with one attached hydrogen (secondary N) is 1. The smallest absolute Gasteiger partial charge is 0.347 e. The number of aromatic carboxylic acids is 1. The lowest BCUT2D eigenvalue weighted by Gasteiger charge is -2.12. The number of carboxylic acids is 1. The summed E-state index contributed by atoms with van der Waals surface area (Å²) in [7, 11) is 1.62. The van der Waals surface area contributed by atoms with Gasteiger partial charge in [0.2, 0.25) is 0 Å². The summed E-state index contributed by atoms with van der Waals surface area (Å²) >= 11 is 1.13. The van der Waals surface area contributed by atoms with E-state index in [0.717, 1.165) is 29.7 Å². The van der Waals surface area contributed by atoms with E-state index in [-0.39, 0.29) is 4.88 Å². The average Bonchev–Trinajstić information content (AvgIpc) is 3.11. The lowest BCUT2D eigenvalue weighted by atomic mass is 10.1. The number of rotatable bonds is 10. The molecular weight excluding hydrogens is 388 g/mol. The van der Waals surface area contributed by atoms with Crippen LogP contribution >= 0.6 is 11.3 Å². The Bertz CT molecular complexity index is 957. The molecule has 0 spiro atoms. The highest BCUT2D eigenvalue weighted by Gasteiger charge is 2.14. The largest absolute Gasteiger partial charge is 0.493 e. The van der Waals surface area contributed by atoms with Crippen molar-refractivity contribution in [3.8, 4) is 11.5 Å². The molecular formula is C22H24N2O4S. The summed E-state index contributed by atoms with van der Waals surface area (Å²) in [6, 6.07) is 16.1. The maximum atomic E-state index is 11.1. The molecule has 6 nitrogen and oxygen atoms in total. The zero-order chi connectivity index (χ0) is 20.6. The Kier molecular flexibility index (Phi) is 7.08. The molecule has 7 heteroatoms. The van der Waals surface area contributed by atoms with Gasteiger partial charge in [-0.25, -0.2) is 9.78 Å². The second-order valence-corrected chi connectivity index (χ2v) is 7.51. The fourth-order valence-electron chi connectivity index (χ4n) is 2.89. The highest BCUT2D eigenvalue weighted by Crippen LogP contribution is 2.29. The van der Waals surface area contributed by atoms with Gasteiger partial charge in [0.1, 0.15) is 4.88 Å². The minimum Gasteiger partial charge on any atom is -0.493 e. The highest BCUT2D eigenvalue weighted by molar-refractivity contribution is 7.17. The quantitative estimate of drug-likeness (QED) is 0.467. The van der Waals surface area contributed by atoms with Crippen molar-refractivity contribution in [2.24, 2.45) is 0 Å². The second kappa shape index (κ2) is 9.93. The Morgan fingerprint density at radius 2 is 1.93 bits per heavy atom. The summed E-state index contributed by atoms with van der Waals surface area (Å²) in [5.41, 5.74) is 2.80. The van der Waals surface area contributed by atoms with Gasteiger partial charge in [-0.3, -0.25) is 0 Å².